The summed E-state index contributed by atoms with van der Waals surface area (Å²) in [5.41, 5.74) is 0. The van der Waals surface area contributed by atoms with Crippen LogP contribution >= 0.6 is 0 Å². The van der Waals surface area contributed by atoms with Gasteiger partial charge in [-0.05, 0) is 32.2 Å². The van der Waals surface area contributed by atoms with Gasteiger partial charge in [0, 0.05) is 12.0 Å². The van der Waals surface area contributed by atoms with E-state index in [4.69, 9.17) is 4.74 Å². The molecule has 2 heteroatoms. The maximum absolute atomic E-state index is 6.03. The van der Waals surface area contributed by atoms with E-state index >= 15 is 0 Å². The predicted octanol–water partition coefficient (Wildman–Crippen LogP) is 4.28. The topological polar surface area (TPSA) is 21.3 Å². The van der Waals surface area contributed by atoms with E-state index in [0.717, 1.165) is 12.5 Å². The summed E-state index contributed by atoms with van der Waals surface area (Å²) in [6, 6.07) is 0.714. The molecule has 2 bridgehead atoms. The van der Waals surface area contributed by atoms with Gasteiger partial charge in [0.25, 0.3) is 0 Å². The Morgan fingerprint density at radius 3 is 2.47 bits per heavy atom. The zero-order valence-corrected chi connectivity index (χ0v) is 13.0. The van der Waals surface area contributed by atoms with Crippen LogP contribution in [0, 0.1) is 5.92 Å². The number of hydrogen-bond donors (Lipinski definition) is 1. The Hall–Kier alpha value is -0.0800. The normalized spacial score (nSPS) is 30.9. The van der Waals surface area contributed by atoms with Crippen LogP contribution in [0.2, 0.25) is 0 Å². The van der Waals surface area contributed by atoms with Gasteiger partial charge in [0.05, 0.1) is 12.2 Å². The van der Waals surface area contributed by atoms with E-state index < -0.39 is 0 Å². The Bertz CT molecular complexity index is 243. The minimum absolute atomic E-state index is 0.578. The molecule has 2 fully saturated rings. The summed E-state index contributed by atoms with van der Waals surface area (Å²) in [6.45, 7) is 5.63. The van der Waals surface area contributed by atoms with Crippen LogP contribution in [0.3, 0.4) is 0 Å². The molecule has 4 unspecified atom stereocenters. The lowest BCUT2D eigenvalue weighted by Gasteiger charge is -2.29. The van der Waals surface area contributed by atoms with Gasteiger partial charge < -0.3 is 10.1 Å². The number of fused-ring (bicyclic) bond motifs is 2. The summed E-state index contributed by atoms with van der Waals surface area (Å²) < 4.78 is 6.03. The summed E-state index contributed by atoms with van der Waals surface area (Å²) >= 11 is 0. The van der Waals surface area contributed by atoms with Crippen LogP contribution in [0.5, 0.6) is 0 Å². The highest BCUT2D eigenvalue weighted by Gasteiger charge is 2.43. The van der Waals surface area contributed by atoms with Crippen LogP contribution in [-0.4, -0.2) is 24.8 Å². The monoisotopic (exact) mass is 267 g/mol. The van der Waals surface area contributed by atoms with Crippen LogP contribution in [0.4, 0.5) is 0 Å². The molecule has 2 rings (SSSR count). The van der Waals surface area contributed by atoms with Crippen molar-refractivity contribution in [3.63, 3.8) is 0 Å². The van der Waals surface area contributed by atoms with Crippen molar-refractivity contribution in [3.05, 3.63) is 0 Å². The summed E-state index contributed by atoms with van der Waals surface area (Å²) in [4.78, 5) is 0. The summed E-state index contributed by atoms with van der Waals surface area (Å²) in [6.07, 6.45) is 14.9. The van der Waals surface area contributed by atoms with Crippen molar-refractivity contribution in [2.24, 2.45) is 5.92 Å². The molecule has 0 amide bonds. The molecule has 4 atom stereocenters. The highest BCUT2D eigenvalue weighted by atomic mass is 16.5. The third-order valence-corrected chi connectivity index (χ3v) is 5.00. The predicted molar refractivity (Wildman–Crippen MR) is 81.5 cm³/mol. The molecule has 0 aromatic rings. The minimum Gasteiger partial charge on any atom is -0.375 e. The minimum atomic E-state index is 0.578. The lowest BCUT2D eigenvalue weighted by molar-refractivity contribution is 0.0848. The summed E-state index contributed by atoms with van der Waals surface area (Å²) in [7, 11) is 0. The van der Waals surface area contributed by atoms with E-state index in [0.29, 0.717) is 18.2 Å². The molecule has 1 N–H and O–H groups in total. The largest absolute Gasteiger partial charge is 0.375 e. The van der Waals surface area contributed by atoms with E-state index in [-0.39, 0.29) is 0 Å². The molecule has 19 heavy (non-hydrogen) atoms. The van der Waals surface area contributed by atoms with Crippen molar-refractivity contribution in [1.29, 1.82) is 0 Å². The lowest BCUT2D eigenvalue weighted by atomic mass is 9.82. The molecule has 0 radical (unpaired) electrons. The third-order valence-electron chi connectivity index (χ3n) is 5.00. The smallest absolute Gasteiger partial charge is 0.0623 e. The molecule has 2 nitrogen and oxygen atoms in total. The quantitative estimate of drug-likeness (QED) is 0.596. The van der Waals surface area contributed by atoms with Crippen molar-refractivity contribution >= 4 is 0 Å². The van der Waals surface area contributed by atoms with E-state index in [1.165, 1.54) is 64.2 Å². The second-order valence-corrected chi connectivity index (χ2v) is 6.49. The molecule has 2 aliphatic heterocycles. The zero-order valence-electron chi connectivity index (χ0n) is 13.0. The Morgan fingerprint density at radius 1 is 1.05 bits per heavy atom. The fraction of sp³-hybridized carbons (Fsp3) is 1.00. The summed E-state index contributed by atoms with van der Waals surface area (Å²) in [5, 5.41) is 3.73. The van der Waals surface area contributed by atoms with Gasteiger partial charge in [-0.2, -0.15) is 0 Å². The van der Waals surface area contributed by atoms with Gasteiger partial charge in [0.2, 0.25) is 0 Å². The van der Waals surface area contributed by atoms with Crippen LogP contribution in [0.25, 0.3) is 0 Å². The number of nitrogens with one attached hydrogen (secondary N) is 1. The van der Waals surface area contributed by atoms with Gasteiger partial charge in [-0.25, -0.2) is 0 Å². The lowest BCUT2D eigenvalue weighted by Crippen LogP contribution is -2.40. The zero-order chi connectivity index (χ0) is 13.5. The van der Waals surface area contributed by atoms with E-state index in [1.54, 1.807) is 0 Å². The van der Waals surface area contributed by atoms with Gasteiger partial charge in [0.1, 0.15) is 0 Å². The number of hydrogen-bond acceptors (Lipinski definition) is 2. The van der Waals surface area contributed by atoms with E-state index in [2.05, 4.69) is 19.2 Å². The van der Waals surface area contributed by atoms with Gasteiger partial charge in [0.15, 0.2) is 0 Å². The van der Waals surface area contributed by atoms with Crippen molar-refractivity contribution in [2.75, 3.05) is 6.54 Å². The highest BCUT2D eigenvalue weighted by molar-refractivity contribution is 4.95. The van der Waals surface area contributed by atoms with E-state index in [9.17, 15) is 0 Å². The van der Waals surface area contributed by atoms with Crippen molar-refractivity contribution in [1.82, 2.24) is 5.32 Å². The van der Waals surface area contributed by atoms with Crippen LogP contribution in [0.1, 0.15) is 78.1 Å². The Morgan fingerprint density at radius 2 is 1.84 bits per heavy atom. The van der Waals surface area contributed by atoms with E-state index in [1.807, 2.05) is 0 Å². The molecule has 2 saturated heterocycles. The molecule has 2 heterocycles. The van der Waals surface area contributed by atoms with Crippen LogP contribution < -0.4 is 5.32 Å². The average Bonchev–Trinajstić information content (AvgIpc) is 3.04. The highest BCUT2D eigenvalue weighted by Crippen LogP contribution is 2.41. The Balaban J connectivity index is 1.65. The average molecular weight is 267 g/mol. The molecule has 2 aliphatic rings. The standard InChI is InChI=1S/C17H33NO/c1-3-5-6-7-8-9-10-16(18-4-2)15-13-14-11-12-17(15)19-14/h14-18H,3-13H2,1-2H3. The third kappa shape index (κ3) is 4.46. The Kier molecular flexibility index (Phi) is 6.66. The number of ether oxygens (including phenoxy) is 1. The van der Waals surface area contributed by atoms with Crippen molar-refractivity contribution in [3.8, 4) is 0 Å². The molecule has 0 aliphatic carbocycles. The van der Waals surface area contributed by atoms with Crippen LogP contribution in [0.15, 0.2) is 0 Å². The van der Waals surface area contributed by atoms with Gasteiger partial charge >= 0.3 is 0 Å². The molecular formula is C17H33NO. The van der Waals surface area contributed by atoms with Crippen molar-refractivity contribution < 1.29 is 4.74 Å². The first-order valence-electron chi connectivity index (χ1n) is 8.74. The molecular weight excluding hydrogens is 234 g/mol. The van der Waals surface area contributed by atoms with Gasteiger partial charge in [-0.3, -0.25) is 0 Å². The fourth-order valence-corrected chi connectivity index (χ4v) is 3.97. The fourth-order valence-electron chi connectivity index (χ4n) is 3.97. The molecule has 0 spiro atoms. The first kappa shape index (κ1) is 15.3. The maximum Gasteiger partial charge on any atom is 0.0623 e. The molecule has 0 saturated carbocycles. The number of unbranched alkanes of at least 4 members (excludes halogenated alkanes) is 5. The maximum atomic E-state index is 6.03. The number of rotatable bonds is 10. The van der Waals surface area contributed by atoms with Gasteiger partial charge in [-0.1, -0.05) is 52.4 Å². The Labute approximate surface area is 119 Å². The van der Waals surface area contributed by atoms with Gasteiger partial charge in [-0.15, -0.1) is 0 Å². The first-order valence-corrected chi connectivity index (χ1v) is 8.74. The second-order valence-electron chi connectivity index (χ2n) is 6.49. The SMILES string of the molecule is CCCCCCCCC(NCC)C1CC2CCC1O2. The molecule has 0 aromatic carbocycles. The second kappa shape index (κ2) is 8.26. The molecule has 0 aromatic heterocycles. The summed E-state index contributed by atoms with van der Waals surface area (Å²) in [5.74, 6) is 0.800. The van der Waals surface area contributed by atoms with Crippen LogP contribution in [-0.2, 0) is 4.74 Å². The molecule has 112 valence electrons. The van der Waals surface area contributed by atoms with Crippen molar-refractivity contribution in [2.45, 2.75) is 96.3 Å². The first-order chi connectivity index (χ1) is 9.35.